The van der Waals surface area contributed by atoms with E-state index in [9.17, 15) is 14.0 Å². The van der Waals surface area contributed by atoms with E-state index in [4.69, 9.17) is 33.4 Å². The van der Waals surface area contributed by atoms with Crippen molar-refractivity contribution in [3.8, 4) is 0 Å². The topological polar surface area (TPSA) is 98.7 Å². The minimum absolute atomic E-state index is 0.0796. The maximum atomic E-state index is 13.1. The van der Waals surface area contributed by atoms with Gasteiger partial charge in [-0.15, -0.1) is 0 Å². The fourth-order valence-corrected chi connectivity index (χ4v) is 1.63. The molecule has 9 heteroatoms. The Balaban J connectivity index is 2.75. The largest absolute Gasteiger partial charge is 0.480 e. The van der Waals surface area contributed by atoms with E-state index in [2.05, 4.69) is 5.32 Å². The van der Waals surface area contributed by atoms with Crippen molar-refractivity contribution in [2.75, 3.05) is 11.9 Å². The number of anilines is 1. The summed E-state index contributed by atoms with van der Waals surface area (Å²) in [5, 5.41) is 21.0. The fraction of sp³-hybridized carbons (Fsp3) is 0.200. The molecule has 104 valence electrons. The zero-order valence-corrected chi connectivity index (χ0v) is 10.8. The molecule has 1 atom stereocenters. The lowest BCUT2D eigenvalue weighted by atomic mass is 10.3. The number of rotatable bonds is 4. The molecule has 0 heterocycles. The summed E-state index contributed by atoms with van der Waals surface area (Å²) in [6.07, 6.45) is 0. The Labute approximate surface area is 117 Å². The first kappa shape index (κ1) is 15.5. The minimum atomic E-state index is -1.45. The number of carboxylic acid groups (broad SMARTS) is 1. The van der Waals surface area contributed by atoms with Crippen molar-refractivity contribution >= 4 is 40.9 Å². The maximum Gasteiger partial charge on any atom is 0.328 e. The van der Waals surface area contributed by atoms with E-state index >= 15 is 0 Å². The molecule has 2 amide bonds. The van der Waals surface area contributed by atoms with Crippen LogP contribution in [0.25, 0.3) is 0 Å². The second kappa shape index (κ2) is 6.55. The van der Waals surface area contributed by atoms with Crippen molar-refractivity contribution in [1.29, 1.82) is 0 Å². The number of aliphatic hydroxyl groups is 1. The van der Waals surface area contributed by atoms with Gasteiger partial charge in [0, 0.05) is 5.69 Å². The van der Waals surface area contributed by atoms with Gasteiger partial charge in [-0.05, 0) is 12.1 Å². The second-order valence-corrected chi connectivity index (χ2v) is 4.24. The van der Waals surface area contributed by atoms with Gasteiger partial charge in [-0.3, -0.25) is 0 Å². The minimum Gasteiger partial charge on any atom is -0.480 e. The maximum absolute atomic E-state index is 13.1. The van der Waals surface area contributed by atoms with Gasteiger partial charge in [0.25, 0.3) is 0 Å². The fourth-order valence-electron chi connectivity index (χ4n) is 1.14. The lowest BCUT2D eigenvalue weighted by Crippen LogP contribution is -2.45. The summed E-state index contributed by atoms with van der Waals surface area (Å²) in [6.45, 7) is -0.770. The van der Waals surface area contributed by atoms with Crippen molar-refractivity contribution in [3.05, 3.63) is 28.0 Å². The molecule has 0 fully saturated rings. The number of carbonyl (C=O) groups is 2. The highest BCUT2D eigenvalue weighted by Gasteiger charge is 2.19. The molecule has 0 saturated carbocycles. The number of aliphatic carboxylic acids is 1. The van der Waals surface area contributed by atoms with Crippen LogP contribution in [0.15, 0.2) is 12.1 Å². The van der Waals surface area contributed by atoms with Crippen molar-refractivity contribution in [1.82, 2.24) is 5.32 Å². The van der Waals surface area contributed by atoms with Gasteiger partial charge in [0.05, 0.1) is 16.7 Å². The number of amides is 2. The third kappa shape index (κ3) is 4.23. The quantitative estimate of drug-likeness (QED) is 0.636. The Bertz CT molecular complexity index is 489. The Hall–Kier alpha value is -1.57. The van der Waals surface area contributed by atoms with Crippen LogP contribution in [0.1, 0.15) is 0 Å². The number of benzene rings is 1. The number of nitrogens with one attached hydrogen (secondary N) is 2. The van der Waals surface area contributed by atoms with Crippen LogP contribution in [0.2, 0.25) is 10.0 Å². The van der Waals surface area contributed by atoms with Crippen molar-refractivity contribution in [2.24, 2.45) is 0 Å². The average Bonchev–Trinajstić information content (AvgIpc) is 2.32. The summed E-state index contributed by atoms with van der Waals surface area (Å²) in [5.74, 6) is -2.22. The molecule has 1 aromatic rings. The number of carbonyl (C=O) groups excluding carboxylic acids is 1. The first-order valence-corrected chi connectivity index (χ1v) is 5.66. The smallest absolute Gasteiger partial charge is 0.328 e. The normalized spacial score (nSPS) is 11.8. The van der Waals surface area contributed by atoms with Crippen LogP contribution >= 0.6 is 23.2 Å². The van der Waals surface area contributed by atoms with E-state index < -0.39 is 30.5 Å². The molecule has 0 aliphatic carbocycles. The molecule has 0 aliphatic heterocycles. The number of urea groups is 1. The number of carboxylic acids is 1. The predicted molar refractivity (Wildman–Crippen MR) is 67.1 cm³/mol. The monoisotopic (exact) mass is 310 g/mol. The molecule has 1 rings (SSSR count). The molecule has 0 bridgehead atoms. The van der Waals surface area contributed by atoms with Gasteiger partial charge in [0.2, 0.25) is 0 Å². The number of hydrogen-bond acceptors (Lipinski definition) is 3. The SMILES string of the molecule is O=C(Nc1cc(Cl)c(F)c(Cl)c1)N[C@H](CO)C(=O)O. The van der Waals surface area contributed by atoms with E-state index in [0.717, 1.165) is 12.1 Å². The van der Waals surface area contributed by atoms with Gasteiger partial charge in [0.15, 0.2) is 11.9 Å². The standard InChI is InChI=1S/C10H9Cl2FN2O4/c11-5-1-4(2-6(12)8(5)13)14-10(19)15-7(3-16)9(17)18/h1-2,7,16H,3H2,(H,17,18)(H2,14,15,19)/t7-/m1/s1. The summed E-state index contributed by atoms with van der Waals surface area (Å²) >= 11 is 11.0. The van der Waals surface area contributed by atoms with Gasteiger partial charge < -0.3 is 20.8 Å². The zero-order chi connectivity index (χ0) is 14.6. The molecule has 19 heavy (non-hydrogen) atoms. The molecule has 0 aliphatic rings. The molecule has 6 nitrogen and oxygen atoms in total. The zero-order valence-electron chi connectivity index (χ0n) is 9.28. The van der Waals surface area contributed by atoms with E-state index in [1.807, 2.05) is 5.32 Å². The third-order valence-electron chi connectivity index (χ3n) is 2.03. The lowest BCUT2D eigenvalue weighted by molar-refractivity contribution is -0.140. The highest BCUT2D eigenvalue weighted by atomic mass is 35.5. The van der Waals surface area contributed by atoms with Gasteiger partial charge in [-0.1, -0.05) is 23.2 Å². The van der Waals surface area contributed by atoms with Crippen molar-refractivity contribution in [3.63, 3.8) is 0 Å². The highest BCUT2D eigenvalue weighted by Crippen LogP contribution is 2.27. The Morgan fingerprint density at radius 1 is 1.32 bits per heavy atom. The lowest BCUT2D eigenvalue weighted by Gasteiger charge is -2.13. The van der Waals surface area contributed by atoms with Gasteiger partial charge >= 0.3 is 12.0 Å². The van der Waals surface area contributed by atoms with E-state index in [-0.39, 0.29) is 15.7 Å². The molecule has 4 N–H and O–H groups in total. The summed E-state index contributed by atoms with van der Waals surface area (Å²) in [6, 6.07) is -0.139. The van der Waals surface area contributed by atoms with Gasteiger partial charge in [0.1, 0.15) is 0 Å². The first-order chi connectivity index (χ1) is 8.85. The van der Waals surface area contributed by atoms with Crippen LogP contribution < -0.4 is 10.6 Å². The molecular weight excluding hydrogens is 302 g/mol. The summed E-state index contributed by atoms with van der Waals surface area (Å²) in [4.78, 5) is 22.0. The highest BCUT2D eigenvalue weighted by molar-refractivity contribution is 6.35. The van der Waals surface area contributed by atoms with E-state index in [1.165, 1.54) is 0 Å². The molecule has 0 unspecified atom stereocenters. The summed E-state index contributed by atoms with van der Waals surface area (Å²) < 4.78 is 13.1. The van der Waals surface area contributed by atoms with Crippen LogP contribution in [0.5, 0.6) is 0 Å². The Kier molecular flexibility index (Phi) is 5.34. The van der Waals surface area contributed by atoms with Crippen LogP contribution in [0.4, 0.5) is 14.9 Å². The summed E-state index contributed by atoms with van der Waals surface area (Å²) in [5.41, 5.74) is 0.0796. The third-order valence-corrected chi connectivity index (χ3v) is 2.58. The molecule has 0 spiro atoms. The van der Waals surface area contributed by atoms with Crippen molar-refractivity contribution in [2.45, 2.75) is 6.04 Å². The predicted octanol–water partition coefficient (Wildman–Crippen LogP) is 1.70. The summed E-state index contributed by atoms with van der Waals surface area (Å²) in [7, 11) is 0. The molecule has 0 saturated heterocycles. The van der Waals surface area contributed by atoms with Crippen LogP contribution in [0.3, 0.4) is 0 Å². The Morgan fingerprint density at radius 2 is 1.84 bits per heavy atom. The van der Waals surface area contributed by atoms with Crippen LogP contribution in [-0.4, -0.2) is 34.9 Å². The number of aliphatic hydroxyl groups excluding tert-OH is 1. The molecule has 0 aromatic heterocycles. The molecular formula is C10H9Cl2FN2O4. The molecule has 0 radical (unpaired) electrons. The van der Waals surface area contributed by atoms with Crippen LogP contribution in [0, 0.1) is 5.82 Å². The van der Waals surface area contributed by atoms with Crippen molar-refractivity contribution < 1.29 is 24.2 Å². The van der Waals surface area contributed by atoms with E-state index in [0.29, 0.717) is 0 Å². The second-order valence-electron chi connectivity index (χ2n) is 3.43. The number of halogens is 3. The van der Waals surface area contributed by atoms with Gasteiger partial charge in [-0.2, -0.15) is 0 Å². The first-order valence-electron chi connectivity index (χ1n) is 4.91. The van der Waals surface area contributed by atoms with E-state index in [1.54, 1.807) is 0 Å². The Morgan fingerprint density at radius 3 is 2.26 bits per heavy atom. The van der Waals surface area contributed by atoms with Gasteiger partial charge in [-0.25, -0.2) is 14.0 Å². The molecule has 1 aromatic carbocycles. The average molecular weight is 311 g/mol. The number of hydrogen-bond donors (Lipinski definition) is 4. The van der Waals surface area contributed by atoms with Crippen LogP contribution in [-0.2, 0) is 4.79 Å².